The number of amides is 1. The molecule has 0 saturated carbocycles. The second-order valence-electron chi connectivity index (χ2n) is 8.57. The van der Waals surface area contributed by atoms with Crippen molar-refractivity contribution in [2.45, 2.75) is 26.8 Å². The average molecular weight is 468 g/mol. The minimum absolute atomic E-state index is 0.0182. The second kappa shape index (κ2) is 8.76. The standard InChI is InChI=1S/C28H25N3O4/c1-4-35-22-13-12-19(15-17(22)3)25(32)23-24(18-9-7-8-16(2)14-18)31(27(34)26(23)33)28-29-20-10-5-6-11-21(20)30-28/h5-15,24,32H,4H2,1-3H3,(H,29,30)/b25-23+. The number of ether oxygens (including phenoxy) is 1. The van der Waals surface area contributed by atoms with Gasteiger partial charge in [-0.25, -0.2) is 4.98 Å². The van der Waals surface area contributed by atoms with E-state index in [2.05, 4.69) is 9.97 Å². The number of aromatic amines is 1. The number of nitrogens with one attached hydrogen (secondary N) is 1. The Morgan fingerprint density at radius 2 is 1.86 bits per heavy atom. The number of para-hydroxylation sites is 2. The molecule has 0 bridgehead atoms. The van der Waals surface area contributed by atoms with Crippen LogP contribution in [0.2, 0.25) is 0 Å². The van der Waals surface area contributed by atoms with Crippen molar-refractivity contribution in [3.05, 3.63) is 94.6 Å². The van der Waals surface area contributed by atoms with Crippen LogP contribution in [0, 0.1) is 13.8 Å². The van der Waals surface area contributed by atoms with E-state index in [1.54, 1.807) is 18.2 Å². The number of ketones is 1. The molecule has 5 rings (SSSR count). The van der Waals surface area contributed by atoms with Gasteiger partial charge >= 0.3 is 5.91 Å². The van der Waals surface area contributed by atoms with Crippen molar-refractivity contribution in [1.29, 1.82) is 0 Å². The van der Waals surface area contributed by atoms with E-state index in [4.69, 9.17) is 4.74 Å². The number of fused-ring (bicyclic) bond motifs is 1. The zero-order chi connectivity index (χ0) is 24.7. The summed E-state index contributed by atoms with van der Waals surface area (Å²) in [6.45, 7) is 6.22. The number of aliphatic hydroxyl groups excluding tert-OH is 1. The number of carbonyl (C=O) groups is 2. The first-order chi connectivity index (χ1) is 16.9. The maximum Gasteiger partial charge on any atom is 0.302 e. The Bertz CT molecular complexity index is 1470. The lowest BCUT2D eigenvalue weighted by Gasteiger charge is -2.23. The number of rotatable bonds is 5. The van der Waals surface area contributed by atoms with Crippen LogP contribution in [0.5, 0.6) is 5.75 Å². The number of imidazole rings is 1. The monoisotopic (exact) mass is 467 g/mol. The van der Waals surface area contributed by atoms with Crippen LogP contribution >= 0.6 is 0 Å². The van der Waals surface area contributed by atoms with E-state index in [0.717, 1.165) is 16.6 Å². The zero-order valence-corrected chi connectivity index (χ0v) is 19.7. The molecule has 1 saturated heterocycles. The molecule has 7 nitrogen and oxygen atoms in total. The van der Waals surface area contributed by atoms with Crippen molar-refractivity contribution < 1.29 is 19.4 Å². The van der Waals surface area contributed by atoms with Gasteiger partial charge in [0, 0.05) is 5.56 Å². The Morgan fingerprint density at radius 3 is 2.57 bits per heavy atom. The molecule has 1 aliphatic rings. The third-order valence-corrected chi connectivity index (χ3v) is 6.16. The molecule has 1 aliphatic heterocycles. The molecule has 1 atom stereocenters. The van der Waals surface area contributed by atoms with Crippen LogP contribution in [0.3, 0.4) is 0 Å². The summed E-state index contributed by atoms with van der Waals surface area (Å²) in [5.41, 5.74) is 4.36. The molecule has 2 heterocycles. The van der Waals surface area contributed by atoms with Crippen molar-refractivity contribution in [3.8, 4) is 5.75 Å². The number of H-pyrrole nitrogens is 1. The number of carbonyl (C=O) groups excluding carboxylic acids is 2. The Kier molecular flexibility index (Phi) is 5.61. The van der Waals surface area contributed by atoms with Crippen molar-refractivity contribution >= 4 is 34.4 Å². The topological polar surface area (TPSA) is 95.5 Å². The summed E-state index contributed by atoms with van der Waals surface area (Å²) >= 11 is 0. The highest BCUT2D eigenvalue weighted by molar-refractivity contribution is 6.51. The van der Waals surface area contributed by atoms with Crippen LogP contribution < -0.4 is 9.64 Å². The van der Waals surface area contributed by atoms with Gasteiger partial charge in [-0.15, -0.1) is 0 Å². The smallest absolute Gasteiger partial charge is 0.302 e. The van der Waals surface area contributed by atoms with Gasteiger partial charge in [0.1, 0.15) is 11.5 Å². The summed E-state index contributed by atoms with van der Waals surface area (Å²) in [6.07, 6.45) is 0. The summed E-state index contributed by atoms with van der Waals surface area (Å²) in [6, 6.07) is 19.3. The van der Waals surface area contributed by atoms with E-state index in [9.17, 15) is 14.7 Å². The van der Waals surface area contributed by atoms with Gasteiger partial charge in [-0.05, 0) is 62.2 Å². The Hall–Kier alpha value is -4.39. The summed E-state index contributed by atoms with van der Waals surface area (Å²) in [4.78, 5) is 35.8. The zero-order valence-electron chi connectivity index (χ0n) is 19.7. The Morgan fingerprint density at radius 1 is 1.06 bits per heavy atom. The fraction of sp³-hybridized carbons (Fsp3) is 0.179. The van der Waals surface area contributed by atoms with Gasteiger partial charge in [0.15, 0.2) is 0 Å². The van der Waals surface area contributed by atoms with Gasteiger partial charge in [0.25, 0.3) is 5.78 Å². The molecule has 1 unspecified atom stereocenters. The predicted octanol–water partition coefficient (Wildman–Crippen LogP) is 5.20. The molecule has 0 radical (unpaired) electrons. The van der Waals surface area contributed by atoms with Crippen LogP contribution in [-0.4, -0.2) is 33.4 Å². The number of benzene rings is 3. The Labute approximate surface area is 202 Å². The molecule has 7 heteroatoms. The van der Waals surface area contributed by atoms with Crippen molar-refractivity contribution in [2.75, 3.05) is 11.5 Å². The number of aryl methyl sites for hydroxylation is 2. The van der Waals surface area contributed by atoms with Crippen molar-refractivity contribution in [1.82, 2.24) is 9.97 Å². The van der Waals surface area contributed by atoms with Crippen LogP contribution in [0.15, 0.2) is 72.3 Å². The van der Waals surface area contributed by atoms with E-state index >= 15 is 0 Å². The lowest BCUT2D eigenvalue weighted by molar-refractivity contribution is -0.132. The van der Waals surface area contributed by atoms with E-state index in [1.807, 2.05) is 69.3 Å². The predicted molar refractivity (Wildman–Crippen MR) is 134 cm³/mol. The number of hydrogen-bond donors (Lipinski definition) is 2. The molecule has 4 aromatic rings. The highest BCUT2D eigenvalue weighted by Crippen LogP contribution is 2.42. The first-order valence-corrected chi connectivity index (χ1v) is 11.4. The number of hydrogen-bond acceptors (Lipinski definition) is 5. The van der Waals surface area contributed by atoms with Gasteiger partial charge in [-0.2, -0.15) is 0 Å². The molecule has 1 amide bonds. The number of aliphatic hydroxyl groups is 1. The maximum absolute atomic E-state index is 13.4. The number of Topliss-reactive ketones (excluding diaryl/α,β-unsaturated/α-hetero) is 1. The fourth-order valence-electron chi connectivity index (χ4n) is 4.53. The third-order valence-electron chi connectivity index (χ3n) is 6.16. The summed E-state index contributed by atoms with van der Waals surface area (Å²) in [7, 11) is 0. The summed E-state index contributed by atoms with van der Waals surface area (Å²) < 4.78 is 5.60. The van der Waals surface area contributed by atoms with Gasteiger partial charge < -0.3 is 14.8 Å². The molecule has 3 aromatic carbocycles. The third kappa shape index (κ3) is 3.85. The highest BCUT2D eigenvalue weighted by Gasteiger charge is 2.48. The van der Waals surface area contributed by atoms with E-state index in [-0.39, 0.29) is 17.3 Å². The van der Waals surface area contributed by atoms with Crippen LogP contribution in [0.25, 0.3) is 16.8 Å². The van der Waals surface area contributed by atoms with Gasteiger partial charge in [-0.3, -0.25) is 14.5 Å². The first kappa shape index (κ1) is 22.4. The quantitative estimate of drug-likeness (QED) is 0.239. The van der Waals surface area contributed by atoms with Crippen LogP contribution in [0.1, 0.15) is 35.2 Å². The average Bonchev–Trinajstić information content (AvgIpc) is 3.38. The lowest BCUT2D eigenvalue weighted by Crippen LogP contribution is -2.30. The number of aromatic nitrogens is 2. The molecule has 176 valence electrons. The minimum atomic E-state index is -0.845. The molecule has 0 aliphatic carbocycles. The maximum atomic E-state index is 13.4. The molecular weight excluding hydrogens is 442 g/mol. The van der Waals surface area contributed by atoms with Gasteiger partial charge in [0.2, 0.25) is 5.95 Å². The first-order valence-electron chi connectivity index (χ1n) is 11.4. The SMILES string of the molecule is CCOc1ccc(/C(O)=C2\C(=O)C(=O)N(c3nc4ccccc4[nH]3)C2c2cccc(C)c2)cc1C. The summed E-state index contributed by atoms with van der Waals surface area (Å²) in [5, 5.41) is 11.4. The normalized spacial score (nSPS) is 17.3. The highest BCUT2D eigenvalue weighted by atomic mass is 16.5. The van der Waals surface area contributed by atoms with Gasteiger partial charge in [-0.1, -0.05) is 42.0 Å². The van der Waals surface area contributed by atoms with E-state index in [0.29, 0.717) is 29.0 Å². The molecule has 1 aromatic heterocycles. The largest absolute Gasteiger partial charge is 0.507 e. The van der Waals surface area contributed by atoms with Gasteiger partial charge in [0.05, 0.1) is 29.3 Å². The van der Waals surface area contributed by atoms with Crippen molar-refractivity contribution in [2.24, 2.45) is 0 Å². The summed E-state index contributed by atoms with van der Waals surface area (Å²) in [5.74, 6) is -0.802. The number of nitrogens with zero attached hydrogens (tertiary/aromatic N) is 2. The van der Waals surface area contributed by atoms with Crippen molar-refractivity contribution in [3.63, 3.8) is 0 Å². The molecule has 2 N–H and O–H groups in total. The molecule has 35 heavy (non-hydrogen) atoms. The fourth-order valence-corrected chi connectivity index (χ4v) is 4.53. The minimum Gasteiger partial charge on any atom is -0.507 e. The second-order valence-corrected chi connectivity index (χ2v) is 8.57. The molecular formula is C28H25N3O4. The van der Waals surface area contributed by atoms with Crippen LogP contribution in [0.4, 0.5) is 5.95 Å². The number of anilines is 1. The molecule has 0 spiro atoms. The lowest BCUT2D eigenvalue weighted by atomic mass is 9.94. The Balaban J connectivity index is 1.71. The molecule has 1 fully saturated rings. The van der Waals surface area contributed by atoms with E-state index < -0.39 is 17.7 Å². The van der Waals surface area contributed by atoms with E-state index in [1.165, 1.54) is 4.90 Å². The van der Waals surface area contributed by atoms with Crippen LogP contribution in [-0.2, 0) is 9.59 Å².